The van der Waals surface area contributed by atoms with Gasteiger partial charge in [-0.3, -0.25) is 9.59 Å². The van der Waals surface area contributed by atoms with Crippen molar-refractivity contribution in [2.24, 2.45) is 0 Å². The van der Waals surface area contributed by atoms with E-state index in [1.54, 1.807) is 0 Å². The Morgan fingerprint density at radius 3 is 2.35 bits per heavy atom. The summed E-state index contributed by atoms with van der Waals surface area (Å²) in [6.07, 6.45) is 1.88. The fraction of sp³-hybridized carbons (Fsp3) is 0.355. The third-order valence-electron chi connectivity index (χ3n) is 6.77. The van der Waals surface area contributed by atoms with Crippen molar-refractivity contribution in [3.63, 3.8) is 0 Å². The van der Waals surface area contributed by atoms with Gasteiger partial charge in [0.05, 0.1) is 0 Å². The Balaban J connectivity index is 1.47. The van der Waals surface area contributed by atoms with E-state index in [1.165, 1.54) is 12.5 Å². The molecule has 1 unspecified atom stereocenters. The number of nitrogens with one attached hydrogen (secondary N) is 2. The number of carbonyl (C=O) groups is 2. The summed E-state index contributed by atoms with van der Waals surface area (Å²) in [6.45, 7) is 8.33. The van der Waals surface area contributed by atoms with Crippen molar-refractivity contribution in [1.29, 1.82) is 0 Å². The molecule has 1 aliphatic heterocycles. The maximum atomic E-state index is 13.4. The zero-order valence-corrected chi connectivity index (χ0v) is 22.0. The molecule has 3 aromatic carbocycles. The summed E-state index contributed by atoms with van der Waals surface area (Å²) in [6, 6.07) is 22.6. The zero-order chi connectivity index (χ0) is 26.2. The van der Waals surface area contributed by atoms with Crippen molar-refractivity contribution in [1.82, 2.24) is 15.5 Å². The van der Waals surface area contributed by atoms with Crippen molar-refractivity contribution in [3.8, 4) is 11.5 Å². The van der Waals surface area contributed by atoms with Crippen LogP contribution in [0.4, 0.5) is 0 Å². The summed E-state index contributed by atoms with van der Waals surface area (Å²) in [4.78, 5) is 26.9. The molecule has 1 saturated heterocycles. The van der Waals surface area contributed by atoms with Crippen molar-refractivity contribution in [3.05, 3.63) is 94.5 Å². The van der Waals surface area contributed by atoms with Crippen LogP contribution in [0.2, 0.25) is 0 Å². The molecule has 0 aromatic heterocycles. The third-order valence-corrected chi connectivity index (χ3v) is 6.77. The standard InChI is InChI=1S/C31H37N3O3/c1-22-9-12-29(37-30-13-10-23(2)18-27(30)20-33-24(3)35)26(17-22)11-14-31(36)34-16-15-32-21-28(34)19-25-7-5-4-6-8-25/h4-10,12-13,17-18,28,32H,11,14-16,19-21H2,1-3H3,(H,33,35). The molecule has 2 amide bonds. The molecule has 0 bridgehead atoms. The van der Waals surface area contributed by atoms with E-state index in [0.29, 0.717) is 25.1 Å². The van der Waals surface area contributed by atoms with Gasteiger partial charge in [0.25, 0.3) is 0 Å². The largest absolute Gasteiger partial charge is 0.457 e. The second kappa shape index (κ2) is 12.5. The molecule has 0 aliphatic carbocycles. The van der Waals surface area contributed by atoms with E-state index in [0.717, 1.165) is 54.1 Å². The molecule has 0 spiro atoms. The molecule has 37 heavy (non-hydrogen) atoms. The quantitative estimate of drug-likeness (QED) is 0.448. The topological polar surface area (TPSA) is 70.7 Å². The highest BCUT2D eigenvalue weighted by Crippen LogP contribution is 2.31. The molecular weight excluding hydrogens is 462 g/mol. The van der Waals surface area contributed by atoms with E-state index in [9.17, 15) is 9.59 Å². The Morgan fingerprint density at radius 1 is 0.973 bits per heavy atom. The molecule has 0 saturated carbocycles. The number of hydrogen-bond donors (Lipinski definition) is 2. The molecule has 1 fully saturated rings. The first-order chi connectivity index (χ1) is 17.9. The lowest BCUT2D eigenvalue weighted by atomic mass is 10.0. The molecule has 1 atom stereocenters. The lowest BCUT2D eigenvalue weighted by molar-refractivity contribution is -0.134. The van der Waals surface area contributed by atoms with Gasteiger partial charge in [0.2, 0.25) is 11.8 Å². The molecule has 6 heteroatoms. The Labute approximate surface area is 220 Å². The van der Waals surface area contributed by atoms with E-state index in [4.69, 9.17) is 4.74 Å². The molecule has 3 aromatic rings. The number of aryl methyl sites for hydroxylation is 3. The first-order valence-corrected chi connectivity index (χ1v) is 13.0. The third kappa shape index (κ3) is 7.43. The Hall–Kier alpha value is -3.64. The number of benzene rings is 3. The number of amides is 2. The van der Waals surface area contributed by atoms with Gasteiger partial charge in [-0.25, -0.2) is 0 Å². The second-order valence-corrected chi connectivity index (χ2v) is 9.87. The number of carbonyl (C=O) groups excluding carboxylic acids is 2. The molecule has 1 aliphatic rings. The van der Waals surface area contributed by atoms with Crippen LogP contribution in [0, 0.1) is 13.8 Å². The minimum absolute atomic E-state index is 0.0829. The molecule has 6 nitrogen and oxygen atoms in total. The van der Waals surface area contributed by atoms with Crippen molar-refractivity contribution < 1.29 is 14.3 Å². The van der Waals surface area contributed by atoms with Gasteiger partial charge in [-0.15, -0.1) is 0 Å². The number of rotatable bonds is 9. The normalized spacial score (nSPS) is 15.3. The first kappa shape index (κ1) is 26.4. The van der Waals surface area contributed by atoms with Crippen LogP contribution in [0.1, 0.15) is 41.2 Å². The van der Waals surface area contributed by atoms with Gasteiger partial charge in [0, 0.05) is 51.1 Å². The average Bonchev–Trinajstić information content (AvgIpc) is 2.89. The lowest BCUT2D eigenvalue weighted by Crippen LogP contribution is -2.54. The van der Waals surface area contributed by atoms with Crippen LogP contribution in [0.25, 0.3) is 0 Å². The van der Waals surface area contributed by atoms with E-state index in [2.05, 4.69) is 35.8 Å². The zero-order valence-electron chi connectivity index (χ0n) is 22.0. The van der Waals surface area contributed by atoms with Crippen LogP contribution in [0.15, 0.2) is 66.7 Å². The van der Waals surface area contributed by atoms with Crippen LogP contribution in [0.5, 0.6) is 11.5 Å². The predicted octanol–water partition coefficient (Wildman–Crippen LogP) is 4.71. The maximum Gasteiger partial charge on any atom is 0.223 e. The van der Waals surface area contributed by atoms with Crippen LogP contribution < -0.4 is 15.4 Å². The van der Waals surface area contributed by atoms with E-state index >= 15 is 0 Å². The number of piperazine rings is 1. The minimum atomic E-state index is -0.0829. The monoisotopic (exact) mass is 499 g/mol. The van der Waals surface area contributed by atoms with Crippen LogP contribution >= 0.6 is 0 Å². The average molecular weight is 500 g/mol. The fourth-order valence-corrected chi connectivity index (χ4v) is 4.83. The molecule has 0 radical (unpaired) electrons. The minimum Gasteiger partial charge on any atom is -0.457 e. The second-order valence-electron chi connectivity index (χ2n) is 9.87. The van der Waals surface area contributed by atoms with Gasteiger partial charge in [-0.1, -0.05) is 65.7 Å². The fourth-order valence-electron chi connectivity index (χ4n) is 4.83. The Bertz CT molecular complexity index is 1230. The van der Waals surface area contributed by atoms with Crippen LogP contribution in [-0.2, 0) is 29.0 Å². The Morgan fingerprint density at radius 2 is 1.65 bits per heavy atom. The molecule has 4 rings (SSSR count). The van der Waals surface area contributed by atoms with E-state index in [-0.39, 0.29) is 17.9 Å². The first-order valence-electron chi connectivity index (χ1n) is 13.0. The number of nitrogens with zero attached hydrogens (tertiary/aromatic N) is 1. The van der Waals surface area contributed by atoms with Gasteiger partial charge < -0.3 is 20.3 Å². The molecule has 1 heterocycles. The highest BCUT2D eigenvalue weighted by Gasteiger charge is 2.26. The van der Waals surface area contributed by atoms with Gasteiger partial charge >= 0.3 is 0 Å². The smallest absolute Gasteiger partial charge is 0.223 e. The van der Waals surface area contributed by atoms with Crippen molar-refractivity contribution in [2.45, 2.75) is 52.6 Å². The predicted molar refractivity (Wildman–Crippen MR) is 147 cm³/mol. The Kier molecular flexibility index (Phi) is 8.96. The van der Waals surface area contributed by atoms with Crippen molar-refractivity contribution >= 4 is 11.8 Å². The number of hydrogen-bond acceptors (Lipinski definition) is 4. The summed E-state index contributed by atoms with van der Waals surface area (Å²) < 4.78 is 6.37. The summed E-state index contributed by atoms with van der Waals surface area (Å²) in [5.74, 6) is 1.55. The van der Waals surface area contributed by atoms with Gasteiger partial charge in [0.15, 0.2) is 0 Å². The highest BCUT2D eigenvalue weighted by atomic mass is 16.5. The van der Waals surface area contributed by atoms with Gasteiger partial charge in [-0.05, 0) is 49.9 Å². The lowest BCUT2D eigenvalue weighted by Gasteiger charge is -2.36. The highest BCUT2D eigenvalue weighted by molar-refractivity contribution is 5.77. The summed E-state index contributed by atoms with van der Waals surface area (Å²) in [7, 11) is 0. The van der Waals surface area contributed by atoms with Crippen LogP contribution in [0.3, 0.4) is 0 Å². The van der Waals surface area contributed by atoms with E-state index < -0.39 is 0 Å². The summed E-state index contributed by atoms with van der Waals surface area (Å²) in [5.41, 5.74) is 5.40. The van der Waals surface area contributed by atoms with E-state index in [1.807, 2.05) is 60.4 Å². The van der Waals surface area contributed by atoms with Crippen LogP contribution in [-0.4, -0.2) is 42.4 Å². The molecular formula is C31H37N3O3. The summed E-state index contributed by atoms with van der Waals surface area (Å²) >= 11 is 0. The summed E-state index contributed by atoms with van der Waals surface area (Å²) in [5, 5.41) is 6.31. The SMILES string of the molecule is CC(=O)NCc1cc(C)ccc1Oc1ccc(C)cc1CCC(=O)N1CCNCC1Cc1ccccc1. The number of ether oxygens (including phenoxy) is 1. The van der Waals surface area contributed by atoms with Crippen molar-refractivity contribution in [2.75, 3.05) is 19.6 Å². The van der Waals surface area contributed by atoms with Gasteiger partial charge in [-0.2, -0.15) is 0 Å². The molecule has 2 N–H and O–H groups in total. The van der Waals surface area contributed by atoms with Gasteiger partial charge in [0.1, 0.15) is 11.5 Å². The maximum absolute atomic E-state index is 13.4. The molecule has 194 valence electrons.